The zero-order valence-electron chi connectivity index (χ0n) is 11.0. The summed E-state index contributed by atoms with van der Waals surface area (Å²) >= 11 is 0. The zero-order valence-corrected chi connectivity index (χ0v) is 12.0. The lowest BCUT2D eigenvalue weighted by Gasteiger charge is -2.41. The molecule has 8 nitrogen and oxygen atoms in total. The highest BCUT2D eigenvalue weighted by atomic mass is 28.3. The van der Waals surface area contributed by atoms with E-state index in [1.165, 1.54) is 11.9 Å². The Bertz CT molecular complexity index is 587. The summed E-state index contributed by atoms with van der Waals surface area (Å²) in [4.78, 5) is 46.5. The summed E-state index contributed by atoms with van der Waals surface area (Å²) < 4.78 is 0. The molecule has 9 heteroatoms. The number of urea groups is 1. The fraction of sp³-hybridized carbons (Fsp3) is 0.545. The number of carbonyl (C=O) groups excluding carboxylic acids is 2. The summed E-state index contributed by atoms with van der Waals surface area (Å²) in [6.07, 6.45) is -0.138. The molecule has 0 spiro atoms. The predicted molar refractivity (Wildman–Crippen MR) is 70.9 cm³/mol. The number of hydrogen-bond acceptors (Lipinski definition) is 5. The van der Waals surface area contributed by atoms with Gasteiger partial charge < -0.3 is 5.11 Å². The van der Waals surface area contributed by atoms with Gasteiger partial charge in [-0.25, -0.2) is 9.79 Å². The summed E-state index contributed by atoms with van der Waals surface area (Å²) in [5.74, 6) is -1.05. The monoisotopic (exact) mass is 293 g/mol. The van der Waals surface area contributed by atoms with Crippen LogP contribution in [0.3, 0.4) is 0 Å². The van der Waals surface area contributed by atoms with Gasteiger partial charge >= 0.3 is 12.0 Å². The number of nitrogens with zero attached hydrogens (tertiary/aromatic N) is 4. The second kappa shape index (κ2) is 4.23. The molecule has 3 aliphatic rings. The maximum atomic E-state index is 12.3. The van der Waals surface area contributed by atoms with Crippen LogP contribution in [0.2, 0.25) is 6.04 Å². The fourth-order valence-corrected chi connectivity index (χ4v) is 5.41. The van der Waals surface area contributed by atoms with E-state index in [0.29, 0.717) is 17.3 Å². The molecule has 0 saturated carbocycles. The molecule has 0 aromatic heterocycles. The van der Waals surface area contributed by atoms with Crippen molar-refractivity contribution in [2.24, 2.45) is 9.98 Å². The first-order chi connectivity index (χ1) is 9.45. The van der Waals surface area contributed by atoms with Gasteiger partial charge in [-0.05, 0) is 0 Å². The lowest BCUT2D eigenvalue weighted by Crippen LogP contribution is -2.66. The minimum Gasteiger partial charge on any atom is -0.481 e. The van der Waals surface area contributed by atoms with E-state index in [2.05, 4.69) is 9.98 Å². The largest absolute Gasteiger partial charge is 0.481 e. The summed E-state index contributed by atoms with van der Waals surface area (Å²) in [6, 6.07) is -0.548. The van der Waals surface area contributed by atoms with Gasteiger partial charge in [-0.1, -0.05) is 13.0 Å². The van der Waals surface area contributed by atoms with Crippen molar-refractivity contribution in [3.63, 3.8) is 0 Å². The van der Waals surface area contributed by atoms with Crippen molar-refractivity contribution in [1.29, 1.82) is 0 Å². The third-order valence-corrected chi connectivity index (χ3v) is 6.61. The first-order valence-electron chi connectivity index (χ1n) is 6.30. The van der Waals surface area contributed by atoms with E-state index in [4.69, 9.17) is 5.11 Å². The Kier molecular flexibility index (Phi) is 2.75. The lowest BCUT2D eigenvalue weighted by molar-refractivity contribution is -0.137. The Labute approximate surface area is 116 Å². The van der Waals surface area contributed by atoms with Crippen molar-refractivity contribution in [3.8, 4) is 0 Å². The van der Waals surface area contributed by atoms with Gasteiger partial charge in [0.1, 0.15) is 11.3 Å². The number of aliphatic imine (C=N–C) groups is 2. The minimum atomic E-state index is -1.39. The molecule has 2 atom stereocenters. The quantitative estimate of drug-likeness (QED) is 0.709. The van der Waals surface area contributed by atoms with Gasteiger partial charge in [0.15, 0.2) is 14.8 Å². The van der Waals surface area contributed by atoms with E-state index < -0.39 is 38.4 Å². The van der Waals surface area contributed by atoms with E-state index in [0.717, 1.165) is 4.90 Å². The lowest BCUT2D eigenvalue weighted by atomic mass is 10.1. The minimum absolute atomic E-state index is 0.138. The van der Waals surface area contributed by atoms with Crippen LogP contribution in [-0.2, 0) is 9.59 Å². The van der Waals surface area contributed by atoms with E-state index in [-0.39, 0.29) is 6.42 Å². The van der Waals surface area contributed by atoms with E-state index >= 15 is 0 Å². The van der Waals surface area contributed by atoms with Crippen LogP contribution in [0.25, 0.3) is 0 Å². The average molecular weight is 293 g/mol. The van der Waals surface area contributed by atoms with E-state index in [1.807, 2.05) is 6.92 Å². The highest BCUT2D eigenvalue weighted by Gasteiger charge is 2.54. The van der Waals surface area contributed by atoms with Crippen LogP contribution in [-0.4, -0.2) is 71.7 Å². The number of imide groups is 1. The summed E-state index contributed by atoms with van der Waals surface area (Å²) in [5.41, 5.74) is 0.165. The van der Waals surface area contributed by atoms with Gasteiger partial charge in [-0.2, -0.15) is 0 Å². The number of likely N-dealkylation sites (N-methyl/N-ethyl adjacent to an activating group) is 1. The molecule has 3 amide bonds. The van der Waals surface area contributed by atoms with Gasteiger partial charge in [-0.15, -0.1) is 0 Å². The third kappa shape index (κ3) is 1.55. The van der Waals surface area contributed by atoms with E-state index in [9.17, 15) is 14.4 Å². The molecule has 3 rings (SSSR count). The second-order valence-corrected chi connectivity index (χ2v) is 7.74. The Morgan fingerprint density at radius 2 is 2.15 bits per heavy atom. The molecule has 3 heterocycles. The third-order valence-electron chi connectivity index (χ3n) is 3.77. The molecule has 105 valence electrons. The molecule has 3 aliphatic heterocycles. The highest BCUT2D eigenvalue weighted by Crippen LogP contribution is 2.31. The number of carboxylic acids is 1. The summed E-state index contributed by atoms with van der Waals surface area (Å²) in [5, 5.41) is 9.09. The zero-order chi connectivity index (χ0) is 14.6. The smallest absolute Gasteiger partial charge is 0.331 e. The van der Waals surface area contributed by atoms with Gasteiger partial charge in [0.25, 0.3) is 5.91 Å². The average Bonchev–Trinajstić information content (AvgIpc) is 2.77. The van der Waals surface area contributed by atoms with Crippen molar-refractivity contribution < 1.29 is 19.5 Å². The summed E-state index contributed by atoms with van der Waals surface area (Å²) in [7, 11) is -0.0000688. The normalized spacial score (nSPS) is 28.7. The van der Waals surface area contributed by atoms with Crippen molar-refractivity contribution in [3.05, 3.63) is 0 Å². The Morgan fingerprint density at radius 1 is 1.45 bits per heavy atom. The standard InChI is InChI=1S/C11H13N4O4Si/c1-3-20-5(4-6(16)17)15-8-7(12-10(20)13-8)9(18)14(2)11(15)19/h5,7H,3-4H2,1-2H3,(H,16,17). The topological polar surface area (TPSA) is 103 Å². The van der Waals surface area contributed by atoms with Crippen molar-refractivity contribution in [1.82, 2.24) is 9.80 Å². The van der Waals surface area contributed by atoms with Crippen molar-refractivity contribution in [2.75, 3.05) is 7.05 Å². The number of amides is 3. The number of amidine groups is 2. The van der Waals surface area contributed by atoms with Crippen molar-refractivity contribution >= 4 is 38.0 Å². The number of carboxylic acid groups (broad SMARTS) is 1. The molecule has 1 radical (unpaired) electrons. The van der Waals surface area contributed by atoms with Gasteiger partial charge in [0, 0.05) is 12.7 Å². The Hall–Kier alpha value is -2.03. The number of rotatable bonds is 3. The first kappa shape index (κ1) is 13.0. The van der Waals surface area contributed by atoms with Crippen LogP contribution in [0, 0.1) is 0 Å². The molecule has 1 N–H and O–H groups in total. The molecular weight excluding hydrogens is 280 g/mol. The number of carbonyl (C=O) groups is 3. The maximum absolute atomic E-state index is 12.3. The molecule has 2 unspecified atom stereocenters. The number of aliphatic carboxylic acids is 1. The van der Waals surface area contributed by atoms with Crippen LogP contribution in [0.1, 0.15) is 13.3 Å². The fourth-order valence-electron chi connectivity index (χ4n) is 2.79. The maximum Gasteiger partial charge on any atom is 0.331 e. The molecule has 2 bridgehead atoms. The molecule has 0 aromatic rings. The van der Waals surface area contributed by atoms with Crippen LogP contribution in [0.4, 0.5) is 4.79 Å². The SMILES string of the molecule is CC[Si]1C2=NC3C(=O)N(C)C(=O)N(C3=N2)C1CC(=O)O. The number of fused-ring (bicyclic) bond motifs is 1. The molecule has 1 saturated heterocycles. The van der Waals surface area contributed by atoms with Gasteiger partial charge in [0.05, 0.1) is 6.42 Å². The second-order valence-electron chi connectivity index (χ2n) is 4.87. The number of hydrogen-bond donors (Lipinski definition) is 1. The van der Waals surface area contributed by atoms with Crippen molar-refractivity contribution in [2.45, 2.75) is 31.1 Å². The van der Waals surface area contributed by atoms with Crippen LogP contribution in [0.5, 0.6) is 0 Å². The molecule has 1 fully saturated rings. The first-order valence-corrected chi connectivity index (χ1v) is 8.09. The molecule has 20 heavy (non-hydrogen) atoms. The Balaban J connectivity index is 2.09. The molecular formula is C11H13N4O4Si. The summed E-state index contributed by atoms with van der Waals surface area (Å²) in [6.45, 7) is 1.94. The van der Waals surface area contributed by atoms with E-state index in [1.54, 1.807) is 0 Å². The predicted octanol–water partition coefficient (Wildman–Crippen LogP) is -0.490. The molecule has 0 aliphatic carbocycles. The highest BCUT2D eigenvalue weighted by molar-refractivity contribution is 6.94. The molecule has 0 aromatic carbocycles. The van der Waals surface area contributed by atoms with Gasteiger partial charge in [-0.3, -0.25) is 24.4 Å². The van der Waals surface area contributed by atoms with Gasteiger partial charge in [0.2, 0.25) is 0 Å². The van der Waals surface area contributed by atoms with Crippen LogP contribution < -0.4 is 0 Å². The Morgan fingerprint density at radius 3 is 2.75 bits per heavy atom. The van der Waals surface area contributed by atoms with Crippen LogP contribution in [0.15, 0.2) is 9.98 Å². The van der Waals surface area contributed by atoms with Crippen LogP contribution >= 0.6 is 0 Å².